The molecule has 0 saturated heterocycles. The molecule has 2 aliphatic rings. The van der Waals surface area contributed by atoms with Crippen molar-refractivity contribution in [2.45, 2.75) is 36.0 Å². The highest BCUT2D eigenvalue weighted by Crippen LogP contribution is 2.42. The van der Waals surface area contributed by atoms with Crippen LogP contribution < -0.4 is 16.4 Å². The molecule has 0 aliphatic carbocycles. The van der Waals surface area contributed by atoms with Gasteiger partial charge in [-0.25, -0.2) is 0 Å². The molecular weight excluding hydrogens is 537 g/mol. The molecule has 7 aromatic rings. The molecule has 0 atom stereocenters. The number of hydrogen-bond acceptors (Lipinski definition) is 1. The smallest absolute Gasteiger partial charge is 0.249 e. The predicted molar refractivity (Wildman–Crippen MR) is 186 cm³/mol. The molecule has 0 bridgehead atoms. The van der Waals surface area contributed by atoms with Crippen LogP contribution in [0.1, 0.15) is 26.3 Å². The Bertz CT molecular complexity index is 2250. The largest absolute Gasteiger partial charge is 0.310 e. The first-order valence-corrected chi connectivity index (χ1v) is 16.0. The van der Waals surface area contributed by atoms with E-state index in [0.717, 1.165) is 0 Å². The van der Waals surface area contributed by atoms with Gasteiger partial charge in [0.2, 0.25) is 6.71 Å². The monoisotopic (exact) mass is 567 g/mol. The van der Waals surface area contributed by atoms with Crippen molar-refractivity contribution in [3.63, 3.8) is 0 Å². The lowest BCUT2D eigenvalue weighted by atomic mass is 9.35. The molecule has 0 amide bonds. The van der Waals surface area contributed by atoms with Crippen molar-refractivity contribution in [3.8, 4) is 27.9 Å². The molecule has 6 aromatic carbocycles. The first-order valence-electron chi connectivity index (χ1n) is 15.1. The van der Waals surface area contributed by atoms with Gasteiger partial charge in [0.15, 0.2) is 0 Å². The second-order valence-electron chi connectivity index (χ2n) is 12.9. The third-order valence-corrected chi connectivity index (χ3v) is 10.6. The molecule has 2 aliphatic heterocycles. The van der Waals surface area contributed by atoms with Crippen molar-refractivity contribution in [1.29, 1.82) is 0 Å². The summed E-state index contributed by atoms with van der Waals surface area (Å²) in [6.07, 6.45) is 0. The van der Waals surface area contributed by atoms with Crippen LogP contribution in [0.25, 0.3) is 49.7 Å². The van der Waals surface area contributed by atoms with E-state index in [0.29, 0.717) is 0 Å². The lowest BCUT2D eigenvalue weighted by Gasteiger charge is -2.33. The molecule has 3 heteroatoms. The first kappa shape index (κ1) is 25.1. The number of hydrogen-bond donors (Lipinski definition) is 0. The second kappa shape index (κ2) is 9.02. The lowest BCUT2D eigenvalue weighted by Crippen LogP contribution is -2.58. The molecule has 0 N–H and O–H groups in total. The molecule has 9 rings (SSSR count). The van der Waals surface area contributed by atoms with E-state index in [1.807, 2.05) is 11.8 Å². The summed E-state index contributed by atoms with van der Waals surface area (Å²) in [6.45, 7) is 7.05. The molecule has 0 spiro atoms. The van der Waals surface area contributed by atoms with Gasteiger partial charge in [-0.3, -0.25) is 0 Å². The maximum absolute atomic E-state index is 2.55. The summed E-state index contributed by atoms with van der Waals surface area (Å²) in [5.74, 6) is 0. The summed E-state index contributed by atoms with van der Waals surface area (Å²) < 4.78 is 2.55. The van der Waals surface area contributed by atoms with Gasteiger partial charge in [-0.05, 0) is 68.4 Å². The Morgan fingerprint density at radius 1 is 0.581 bits per heavy atom. The Kier molecular flexibility index (Phi) is 5.26. The summed E-state index contributed by atoms with van der Waals surface area (Å²) in [5, 5.41) is 2.65. The molecule has 43 heavy (non-hydrogen) atoms. The van der Waals surface area contributed by atoms with E-state index in [4.69, 9.17) is 0 Å². The first-order chi connectivity index (χ1) is 21.0. The van der Waals surface area contributed by atoms with Crippen molar-refractivity contribution >= 4 is 56.7 Å². The molecule has 1 nitrogen and oxygen atoms in total. The summed E-state index contributed by atoms with van der Waals surface area (Å²) in [4.78, 5) is 2.71. The zero-order valence-corrected chi connectivity index (χ0v) is 25.4. The molecule has 0 radical (unpaired) electrons. The van der Waals surface area contributed by atoms with Gasteiger partial charge in [0.25, 0.3) is 0 Å². The number of aromatic nitrogens is 1. The van der Waals surface area contributed by atoms with Crippen LogP contribution in [-0.2, 0) is 5.41 Å². The van der Waals surface area contributed by atoms with Crippen molar-refractivity contribution in [2.24, 2.45) is 0 Å². The third kappa shape index (κ3) is 3.61. The van der Waals surface area contributed by atoms with E-state index in [1.54, 1.807) is 0 Å². The fourth-order valence-corrected chi connectivity index (χ4v) is 8.61. The van der Waals surface area contributed by atoms with Crippen molar-refractivity contribution in [2.75, 3.05) is 0 Å². The van der Waals surface area contributed by atoms with Crippen LogP contribution in [0.4, 0.5) is 0 Å². The van der Waals surface area contributed by atoms with Gasteiger partial charge >= 0.3 is 0 Å². The summed E-state index contributed by atoms with van der Waals surface area (Å²) in [7, 11) is 0. The fraction of sp³-hybridized carbons (Fsp3) is 0.100. The average molecular weight is 568 g/mol. The van der Waals surface area contributed by atoms with Crippen molar-refractivity contribution in [1.82, 2.24) is 4.57 Å². The molecular formula is C40H30BNS. The number of benzene rings is 6. The van der Waals surface area contributed by atoms with Crippen LogP contribution in [-0.4, -0.2) is 11.3 Å². The normalized spacial score (nSPS) is 13.3. The molecule has 0 fully saturated rings. The maximum Gasteiger partial charge on any atom is 0.249 e. The summed E-state index contributed by atoms with van der Waals surface area (Å²) in [6, 6.07) is 47.8. The van der Waals surface area contributed by atoms with Gasteiger partial charge in [0.1, 0.15) is 0 Å². The average Bonchev–Trinajstić information content (AvgIpc) is 3.38. The lowest BCUT2D eigenvalue weighted by molar-refractivity contribution is 0.590. The zero-order chi connectivity index (χ0) is 28.9. The van der Waals surface area contributed by atoms with Crippen molar-refractivity contribution < 1.29 is 0 Å². The Morgan fingerprint density at radius 2 is 1.26 bits per heavy atom. The van der Waals surface area contributed by atoms with E-state index < -0.39 is 0 Å². The zero-order valence-electron chi connectivity index (χ0n) is 24.6. The minimum atomic E-state index is 0.129. The Balaban J connectivity index is 1.34. The number of rotatable bonds is 2. The van der Waals surface area contributed by atoms with E-state index >= 15 is 0 Å². The summed E-state index contributed by atoms with van der Waals surface area (Å²) in [5.41, 5.74) is 14.7. The van der Waals surface area contributed by atoms with Gasteiger partial charge in [-0.2, -0.15) is 0 Å². The summed E-state index contributed by atoms with van der Waals surface area (Å²) >= 11 is 1.92. The highest BCUT2D eigenvalue weighted by molar-refractivity contribution is 8.00. The Morgan fingerprint density at radius 3 is 2.07 bits per heavy atom. The molecule has 0 saturated carbocycles. The predicted octanol–water partition coefficient (Wildman–Crippen LogP) is 8.71. The van der Waals surface area contributed by atoms with Crippen LogP contribution in [0.3, 0.4) is 0 Å². The van der Waals surface area contributed by atoms with Crippen LogP contribution in [0, 0.1) is 0 Å². The maximum atomic E-state index is 2.55. The number of para-hydroxylation sites is 2. The Labute approximate surface area is 257 Å². The van der Waals surface area contributed by atoms with Crippen LogP contribution >= 0.6 is 11.8 Å². The Hall–Kier alpha value is -4.47. The highest BCUT2D eigenvalue weighted by atomic mass is 32.2. The SMILES string of the molecule is CC(C)(C)c1ccc(-c2ccccc2-c2cc3c4c(c2)-n2c5ccccc5c5cccc(c52)B4c2ccccc2S3)cc1. The third-order valence-electron chi connectivity index (χ3n) is 9.44. The van der Waals surface area contributed by atoms with Crippen LogP contribution in [0.5, 0.6) is 0 Å². The van der Waals surface area contributed by atoms with E-state index in [2.05, 4.69) is 153 Å². The highest BCUT2D eigenvalue weighted by Gasteiger charge is 2.39. The van der Waals surface area contributed by atoms with Gasteiger partial charge in [-0.15, -0.1) is 0 Å². The van der Waals surface area contributed by atoms with Crippen LogP contribution in [0.2, 0.25) is 0 Å². The van der Waals surface area contributed by atoms with Crippen molar-refractivity contribution in [3.05, 3.63) is 133 Å². The standard InChI is InChI=1S/C40H30BNS/c1-40(2,3)27-21-19-25(20-22-27)28-11-4-5-12-29(28)26-23-35-38-37(24-26)43-36-18-9-7-15-32(36)41(38)33-16-10-14-31-30-13-6-8-17-34(30)42(35)39(31)33/h4-24H,1-3H3. The topological polar surface area (TPSA) is 4.93 Å². The molecule has 1 aromatic heterocycles. The van der Waals surface area contributed by atoms with Gasteiger partial charge in [0.05, 0.1) is 5.52 Å². The van der Waals surface area contributed by atoms with Gasteiger partial charge in [0, 0.05) is 31.8 Å². The van der Waals surface area contributed by atoms with E-state index in [9.17, 15) is 0 Å². The van der Waals surface area contributed by atoms with E-state index in [-0.39, 0.29) is 12.1 Å². The molecule has 3 heterocycles. The number of nitrogens with zero attached hydrogens (tertiary/aromatic N) is 1. The minimum Gasteiger partial charge on any atom is -0.310 e. The minimum absolute atomic E-state index is 0.129. The molecule has 0 unspecified atom stereocenters. The fourth-order valence-electron chi connectivity index (χ4n) is 7.40. The van der Waals surface area contributed by atoms with E-state index in [1.165, 1.54) is 81.5 Å². The van der Waals surface area contributed by atoms with Gasteiger partial charge < -0.3 is 4.57 Å². The quantitative estimate of drug-likeness (QED) is 0.189. The molecule has 204 valence electrons. The second-order valence-corrected chi connectivity index (χ2v) is 14.0. The van der Waals surface area contributed by atoms with Gasteiger partial charge in [-0.1, -0.05) is 141 Å². The number of fused-ring (bicyclic) bond motifs is 7. The van der Waals surface area contributed by atoms with Crippen LogP contribution in [0.15, 0.2) is 137 Å².